The van der Waals surface area contributed by atoms with Gasteiger partial charge < -0.3 is 9.47 Å². The summed E-state index contributed by atoms with van der Waals surface area (Å²) < 4.78 is 9.78. The summed E-state index contributed by atoms with van der Waals surface area (Å²) in [6.45, 7) is 2.22. The lowest BCUT2D eigenvalue weighted by Gasteiger charge is -2.02. The number of carbonyl (C=O) groups is 1. The van der Waals surface area contributed by atoms with Gasteiger partial charge in [0.1, 0.15) is 6.10 Å². The van der Waals surface area contributed by atoms with Gasteiger partial charge in [-0.3, -0.25) is 0 Å². The zero-order valence-electron chi connectivity index (χ0n) is 10.8. The first-order valence-corrected chi connectivity index (χ1v) is 6.98. The van der Waals surface area contributed by atoms with Gasteiger partial charge in [-0.1, -0.05) is 63.5 Å². The zero-order valence-corrected chi connectivity index (χ0v) is 11.6. The number of hydrogen-bond donors (Lipinski definition) is 0. The molecule has 0 aliphatic carbocycles. The predicted molar refractivity (Wildman–Crippen MR) is 68.1 cm³/mol. The monoisotopic (exact) mass is 262 g/mol. The molecular weight excluding hydrogens is 240 g/mol. The molecule has 0 aromatic carbocycles. The third-order valence-corrected chi connectivity index (χ3v) is 3.69. The Morgan fingerprint density at radius 3 is 2.41 bits per heavy atom. The third kappa shape index (κ3) is 4.47. The largest absolute Gasteiger partial charge is 0.466 e. The van der Waals surface area contributed by atoms with E-state index in [4.69, 9.17) is 16.3 Å². The van der Waals surface area contributed by atoms with Crippen molar-refractivity contribution in [2.75, 3.05) is 7.11 Å². The van der Waals surface area contributed by atoms with Crippen LogP contribution >= 0.6 is 11.6 Å². The molecule has 1 heterocycles. The summed E-state index contributed by atoms with van der Waals surface area (Å²) in [4.78, 5) is 11.2. The molecule has 1 aliphatic heterocycles. The van der Waals surface area contributed by atoms with Crippen molar-refractivity contribution >= 4 is 17.6 Å². The predicted octanol–water partition coefficient (Wildman–Crippen LogP) is 3.63. The van der Waals surface area contributed by atoms with E-state index in [0.717, 1.165) is 12.8 Å². The van der Waals surface area contributed by atoms with Gasteiger partial charge in [-0.2, -0.15) is 0 Å². The Bertz CT molecular complexity index is 245. The van der Waals surface area contributed by atoms with Crippen LogP contribution in [0.3, 0.4) is 0 Å². The Labute approximate surface area is 109 Å². The maximum atomic E-state index is 11.2. The van der Waals surface area contributed by atoms with Gasteiger partial charge in [-0.15, -0.1) is 0 Å². The summed E-state index contributed by atoms with van der Waals surface area (Å²) >= 11 is 5.95. The highest BCUT2D eigenvalue weighted by Crippen LogP contribution is 2.44. The Kier molecular flexibility index (Phi) is 6.28. The molecule has 2 atom stereocenters. The number of alkyl halides is 1. The first-order chi connectivity index (χ1) is 8.15. The lowest BCUT2D eigenvalue weighted by atomic mass is 10.1. The molecule has 0 bridgehead atoms. The highest BCUT2D eigenvalue weighted by atomic mass is 35.5. The van der Waals surface area contributed by atoms with Crippen molar-refractivity contribution in [2.45, 2.75) is 69.5 Å². The van der Waals surface area contributed by atoms with Crippen LogP contribution in [0.25, 0.3) is 0 Å². The quantitative estimate of drug-likeness (QED) is 0.276. The van der Waals surface area contributed by atoms with Crippen molar-refractivity contribution in [3.63, 3.8) is 0 Å². The fourth-order valence-corrected chi connectivity index (χ4v) is 2.32. The molecule has 1 fully saturated rings. The number of carbonyl (C=O) groups excluding carboxylic acids is 1. The summed E-state index contributed by atoms with van der Waals surface area (Å²) in [6, 6.07) is 0. The number of epoxide rings is 1. The van der Waals surface area contributed by atoms with Crippen LogP contribution in [-0.2, 0) is 14.3 Å². The molecule has 0 amide bonds. The smallest absolute Gasteiger partial charge is 0.356 e. The van der Waals surface area contributed by atoms with Gasteiger partial charge >= 0.3 is 5.97 Å². The molecule has 0 spiro atoms. The van der Waals surface area contributed by atoms with Crippen LogP contribution < -0.4 is 0 Å². The molecule has 0 saturated carbocycles. The lowest BCUT2D eigenvalue weighted by Crippen LogP contribution is -2.22. The Morgan fingerprint density at radius 2 is 1.82 bits per heavy atom. The van der Waals surface area contributed by atoms with Crippen molar-refractivity contribution in [3.8, 4) is 0 Å². The molecule has 3 nitrogen and oxygen atoms in total. The lowest BCUT2D eigenvalue weighted by molar-refractivity contribution is -0.143. The van der Waals surface area contributed by atoms with Crippen molar-refractivity contribution in [1.82, 2.24) is 0 Å². The van der Waals surface area contributed by atoms with Gasteiger partial charge in [0, 0.05) is 0 Å². The summed E-state index contributed by atoms with van der Waals surface area (Å²) in [5.74, 6) is -0.466. The second-order valence-electron chi connectivity index (χ2n) is 4.65. The maximum absolute atomic E-state index is 11.2. The highest BCUT2D eigenvalue weighted by molar-refractivity contribution is 6.35. The summed E-state index contributed by atoms with van der Waals surface area (Å²) in [7, 11) is 1.33. The number of unbranched alkanes of at least 4 members (excludes halogenated alkanes) is 6. The summed E-state index contributed by atoms with van der Waals surface area (Å²) in [6.07, 6.45) is 9.49. The van der Waals surface area contributed by atoms with E-state index in [0.29, 0.717) is 0 Å². The normalized spacial score (nSPS) is 26.9. The van der Waals surface area contributed by atoms with Crippen LogP contribution in [0, 0.1) is 0 Å². The fraction of sp³-hybridized carbons (Fsp3) is 0.923. The van der Waals surface area contributed by atoms with Gasteiger partial charge in [-0.25, -0.2) is 4.79 Å². The van der Waals surface area contributed by atoms with E-state index >= 15 is 0 Å². The zero-order chi connectivity index (χ0) is 12.7. The van der Waals surface area contributed by atoms with Crippen LogP contribution in [-0.4, -0.2) is 24.2 Å². The molecule has 100 valence electrons. The van der Waals surface area contributed by atoms with E-state index in [1.807, 2.05) is 0 Å². The van der Waals surface area contributed by atoms with Crippen LogP contribution in [0.4, 0.5) is 0 Å². The number of rotatable bonds is 9. The van der Waals surface area contributed by atoms with Crippen molar-refractivity contribution in [1.29, 1.82) is 0 Å². The van der Waals surface area contributed by atoms with Crippen LogP contribution in [0.2, 0.25) is 0 Å². The van der Waals surface area contributed by atoms with Crippen molar-refractivity contribution < 1.29 is 14.3 Å². The van der Waals surface area contributed by atoms with Crippen LogP contribution in [0.5, 0.6) is 0 Å². The molecule has 1 rings (SSSR count). The standard InChI is InChI=1S/C13H23ClO3/c1-3-4-5-6-7-8-9-10-11-13(14,17-11)12(15)16-2/h11H,3-10H2,1-2H3. The molecule has 0 radical (unpaired) electrons. The number of hydrogen-bond acceptors (Lipinski definition) is 3. The third-order valence-electron chi connectivity index (χ3n) is 3.20. The highest BCUT2D eigenvalue weighted by Gasteiger charge is 2.62. The second-order valence-corrected chi connectivity index (χ2v) is 5.21. The van der Waals surface area contributed by atoms with E-state index < -0.39 is 11.0 Å². The Hall–Kier alpha value is -0.280. The average molecular weight is 263 g/mol. The molecule has 1 aliphatic rings. The minimum Gasteiger partial charge on any atom is -0.466 e. The molecule has 0 aromatic rings. The topological polar surface area (TPSA) is 38.8 Å². The van der Waals surface area contributed by atoms with E-state index in [2.05, 4.69) is 11.7 Å². The van der Waals surface area contributed by atoms with E-state index in [1.165, 1.54) is 45.6 Å². The Morgan fingerprint density at radius 1 is 1.24 bits per heavy atom. The van der Waals surface area contributed by atoms with E-state index in [9.17, 15) is 4.79 Å². The molecule has 4 heteroatoms. The minimum absolute atomic E-state index is 0.146. The maximum Gasteiger partial charge on any atom is 0.356 e. The van der Waals surface area contributed by atoms with Gasteiger partial charge in [-0.05, 0) is 6.42 Å². The van der Waals surface area contributed by atoms with Crippen molar-refractivity contribution in [2.24, 2.45) is 0 Å². The number of esters is 1. The van der Waals surface area contributed by atoms with Crippen LogP contribution in [0.1, 0.15) is 58.3 Å². The second kappa shape index (κ2) is 7.22. The first-order valence-electron chi connectivity index (χ1n) is 6.60. The number of ether oxygens (including phenoxy) is 2. The average Bonchev–Trinajstić information content (AvgIpc) is 2.99. The van der Waals surface area contributed by atoms with Crippen LogP contribution in [0.15, 0.2) is 0 Å². The summed E-state index contributed by atoms with van der Waals surface area (Å²) in [5, 5.41) is -1.17. The molecule has 2 unspecified atom stereocenters. The molecule has 17 heavy (non-hydrogen) atoms. The molecule has 0 aromatic heterocycles. The number of halogens is 1. The van der Waals surface area contributed by atoms with E-state index in [-0.39, 0.29) is 6.10 Å². The first kappa shape index (κ1) is 14.8. The molecule has 0 N–H and O–H groups in total. The minimum atomic E-state index is -1.17. The van der Waals surface area contributed by atoms with Gasteiger partial charge in [0.25, 0.3) is 5.06 Å². The van der Waals surface area contributed by atoms with Crippen molar-refractivity contribution in [3.05, 3.63) is 0 Å². The van der Waals surface area contributed by atoms with E-state index in [1.54, 1.807) is 0 Å². The molecular formula is C13H23ClO3. The molecule has 1 saturated heterocycles. The Balaban J connectivity index is 1.97. The summed E-state index contributed by atoms with van der Waals surface area (Å²) in [5.41, 5.74) is 0. The number of methoxy groups -OCH3 is 1. The van der Waals surface area contributed by atoms with Gasteiger partial charge in [0.15, 0.2) is 0 Å². The fourth-order valence-electron chi connectivity index (χ4n) is 2.02. The SMILES string of the molecule is CCCCCCCCCC1OC1(Cl)C(=O)OC. The van der Waals surface area contributed by atoms with Gasteiger partial charge in [0.2, 0.25) is 0 Å². The van der Waals surface area contributed by atoms with Gasteiger partial charge in [0.05, 0.1) is 7.11 Å².